The zero-order chi connectivity index (χ0) is 21.4. The van der Waals surface area contributed by atoms with Crippen molar-refractivity contribution in [2.24, 2.45) is 0 Å². The molecule has 3 aromatic rings. The predicted octanol–water partition coefficient (Wildman–Crippen LogP) is 7.27. The van der Waals surface area contributed by atoms with Gasteiger partial charge in [0.15, 0.2) is 23.3 Å². The summed E-state index contributed by atoms with van der Waals surface area (Å²) >= 11 is 0. The van der Waals surface area contributed by atoms with Gasteiger partial charge in [-0.05, 0) is 59.9 Å². The van der Waals surface area contributed by atoms with Gasteiger partial charge >= 0.3 is 0 Å². The lowest BCUT2D eigenvalue weighted by atomic mass is 9.78. The van der Waals surface area contributed by atoms with Gasteiger partial charge in [-0.3, -0.25) is 0 Å². The van der Waals surface area contributed by atoms with E-state index in [-0.39, 0.29) is 17.0 Å². The van der Waals surface area contributed by atoms with Gasteiger partial charge < -0.3 is 0 Å². The van der Waals surface area contributed by atoms with Crippen molar-refractivity contribution in [2.75, 3.05) is 0 Å². The Kier molecular flexibility index (Phi) is 5.63. The van der Waals surface area contributed by atoms with Crippen LogP contribution in [0.1, 0.15) is 47.9 Å². The first kappa shape index (κ1) is 20.6. The lowest BCUT2D eigenvalue weighted by Gasteiger charge is -2.27. The van der Waals surface area contributed by atoms with E-state index in [1.165, 1.54) is 18.2 Å². The van der Waals surface area contributed by atoms with Crippen LogP contribution in [0, 0.1) is 29.1 Å². The van der Waals surface area contributed by atoms with E-state index < -0.39 is 29.1 Å². The molecule has 0 heterocycles. The van der Waals surface area contributed by atoms with Gasteiger partial charge in [0, 0.05) is 11.1 Å². The van der Waals surface area contributed by atoms with E-state index >= 15 is 4.39 Å². The van der Waals surface area contributed by atoms with E-state index in [2.05, 4.69) is 0 Å². The molecule has 1 aliphatic carbocycles. The second-order valence-corrected chi connectivity index (χ2v) is 7.80. The van der Waals surface area contributed by atoms with Gasteiger partial charge in [-0.25, -0.2) is 22.0 Å². The van der Waals surface area contributed by atoms with Crippen LogP contribution in [0.4, 0.5) is 22.0 Å². The molecule has 5 heteroatoms. The van der Waals surface area contributed by atoms with Gasteiger partial charge in [-0.15, -0.1) is 0 Å². The highest BCUT2D eigenvalue weighted by molar-refractivity contribution is 5.67. The second-order valence-electron chi connectivity index (χ2n) is 7.80. The fourth-order valence-corrected chi connectivity index (χ4v) is 4.38. The van der Waals surface area contributed by atoms with Crippen LogP contribution in [0.3, 0.4) is 0 Å². The molecule has 0 aromatic heterocycles. The monoisotopic (exact) mass is 416 g/mol. The maximum absolute atomic E-state index is 15.1. The normalized spacial score (nSPS) is 15.9. The Hall–Kier alpha value is -2.69. The van der Waals surface area contributed by atoms with Gasteiger partial charge in [-0.1, -0.05) is 49.7 Å². The first-order valence-corrected chi connectivity index (χ1v) is 10.1. The second kappa shape index (κ2) is 8.21. The van der Waals surface area contributed by atoms with E-state index in [1.54, 1.807) is 18.2 Å². The van der Waals surface area contributed by atoms with E-state index in [0.717, 1.165) is 12.5 Å². The van der Waals surface area contributed by atoms with Crippen molar-refractivity contribution in [1.82, 2.24) is 0 Å². The Bertz CT molecular complexity index is 1100. The maximum atomic E-state index is 15.1. The van der Waals surface area contributed by atoms with Crippen molar-refractivity contribution in [3.63, 3.8) is 0 Å². The minimum Gasteiger partial charge on any atom is -0.206 e. The van der Waals surface area contributed by atoms with Crippen LogP contribution in [0.5, 0.6) is 0 Å². The topological polar surface area (TPSA) is 0 Å². The molecule has 0 fully saturated rings. The van der Waals surface area contributed by atoms with Gasteiger partial charge in [0.25, 0.3) is 0 Å². The third-order valence-electron chi connectivity index (χ3n) is 5.94. The summed E-state index contributed by atoms with van der Waals surface area (Å²) in [6, 6.07) is 10.0. The molecular weight excluding hydrogens is 395 g/mol. The fraction of sp³-hybridized carbons (Fsp3) is 0.280. The third kappa shape index (κ3) is 3.51. The summed E-state index contributed by atoms with van der Waals surface area (Å²) in [5.41, 5.74) is 1.65. The molecule has 3 aromatic carbocycles. The summed E-state index contributed by atoms with van der Waals surface area (Å²) in [7, 11) is 0. The lowest BCUT2D eigenvalue weighted by Crippen LogP contribution is -2.17. The first-order chi connectivity index (χ1) is 14.4. The van der Waals surface area contributed by atoms with Crippen molar-refractivity contribution >= 4 is 0 Å². The fourth-order valence-electron chi connectivity index (χ4n) is 4.38. The van der Waals surface area contributed by atoms with Gasteiger partial charge in [0.1, 0.15) is 5.82 Å². The number of hydrogen-bond acceptors (Lipinski definition) is 0. The smallest absolute Gasteiger partial charge is 0.166 e. The molecule has 0 aliphatic heterocycles. The first-order valence-electron chi connectivity index (χ1n) is 10.1. The molecule has 4 rings (SSSR count). The Labute approximate surface area is 172 Å². The summed E-state index contributed by atoms with van der Waals surface area (Å²) in [5, 5.41) is 0. The molecule has 0 amide bonds. The number of aryl methyl sites for hydroxylation is 1. The SMILES string of the molecule is CCCc1ccc(C2CCc3c(ccc(-c4cccc(F)c4F)c3F)C2)c(F)c1F. The van der Waals surface area contributed by atoms with Crippen molar-refractivity contribution < 1.29 is 22.0 Å². The summed E-state index contributed by atoms with van der Waals surface area (Å²) in [6.07, 6.45) is 2.32. The number of rotatable bonds is 4. The number of fused-ring (bicyclic) bond motifs is 1. The van der Waals surface area contributed by atoms with Crippen LogP contribution in [0.15, 0.2) is 42.5 Å². The van der Waals surface area contributed by atoms with Gasteiger partial charge in [0.2, 0.25) is 0 Å². The predicted molar refractivity (Wildman–Crippen MR) is 107 cm³/mol. The average Bonchev–Trinajstić information content (AvgIpc) is 2.74. The van der Waals surface area contributed by atoms with Gasteiger partial charge in [-0.2, -0.15) is 0 Å². The van der Waals surface area contributed by atoms with Crippen LogP contribution < -0.4 is 0 Å². The Morgan fingerprint density at radius 2 is 1.57 bits per heavy atom. The Balaban J connectivity index is 1.67. The highest BCUT2D eigenvalue weighted by Gasteiger charge is 2.28. The molecule has 0 radical (unpaired) electrons. The molecule has 1 atom stereocenters. The van der Waals surface area contributed by atoms with Crippen LogP contribution in [-0.2, 0) is 19.3 Å². The largest absolute Gasteiger partial charge is 0.206 e. The molecule has 0 N–H and O–H groups in total. The van der Waals surface area contributed by atoms with Crippen LogP contribution in [-0.4, -0.2) is 0 Å². The Morgan fingerprint density at radius 3 is 2.33 bits per heavy atom. The van der Waals surface area contributed by atoms with Crippen LogP contribution in [0.25, 0.3) is 11.1 Å². The van der Waals surface area contributed by atoms with Crippen molar-refractivity contribution in [3.05, 3.63) is 93.8 Å². The molecule has 1 unspecified atom stereocenters. The molecule has 30 heavy (non-hydrogen) atoms. The quantitative estimate of drug-likeness (QED) is 0.392. The molecule has 0 nitrogen and oxygen atoms in total. The molecule has 0 saturated heterocycles. The summed E-state index contributed by atoms with van der Waals surface area (Å²) in [4.78, 5) is 0. The molecular formula is C25H21F5. The van der Waals surface area contributed by atoms with Crippen molar-refractivity contribution in [1.29, 1.82) is 0 Å². The highest BCUT2D eigenvalue weighted by atomic mass is 19.2. The van der Waals surface area contributed by atoms with Crippen molar-refractivity contribution in [2.45, 2.75) is 44.9 Å². The van der Waals surface area contributed by atoms with E-state index in [9.17, 15) is 17.6 Å². The molecule has 0 saturated carbocycles. The van der Waals surface area contributed by atoms with E-state index in [0.29, 0.717) is 47.9 Å². The number of halogens is 5. The van der Waals surface area contributed by atoms with E-state index in [1.807, 2.05) is 6.92 Å². The maximum Gasteiger partial charge on any atom is 0.166 e. The van der Waals surface area contributed by atoms with Crippen LogP contribution in [0.2, 0.25) is 0 Å². The molecule has 0 bridgehead atoms. The van der Waals surface area contributed by atoms with Gasteiger partial charge in [0.05, 0.1) is 0 Å². The number of hydrogen-bond donors (Lipinski definition) is 0. The summed E-state index contributed by atoms with van der Waals surface area (Å²) < 4.78 is 71.9. The summed E-state index contributed by atoms with van der Waals surface area (Å²) in [6.45, 7) is 1.90. The standard InChI is InChI=1S/C25H21F5/c1-2-4-14-7-10-18(25(30)22(14)27)16-8-11-17-15(13-16)9-12-20(23(17)28)19-5-3-6-21(26)24(19)29/h3,5-7,9-10,12,16H,2,4,8,11,13H2,1H3. The molecule has 156 valence electrons. The average molecular weight is 416 g/mol. The minimum atomic E-state index is -1.09. The Morgan fingerprint density at radius 1 is 0.800 bits per heavy atom. The minimum absolute atomic E-state index is 0.00495. The lowest BCUT2D eigenvalue weighted by molar-refractivity contribution is 0.464. The molecule has 0 spiro atoms. The number of benzene rings is 3. The summed E-state index contributed by atoms with van der Waals surface area (Å²) in [5.74, 6) is -4.60. The zero-order valence-electron chi connectivity index (χ0n) is 16.5. The molecule has 1 aliphatic rings. The highest BCUT2D eigenvalue weighted by Crippen LogP contribution is 2.39. The zero-order valence-corrected chi connectivity index (χ0v) is 16.5. The van der Waals surface area contributed by atoms with E-state index in [4.69, 9.17) is 0 Å². The van der Waals surface area contributed by atoms with Crippen LogP contribution >= 0.6 is 0 Å². The third-order valence-corrected chi connectivity index (χ3v) is 5.94. The van der Waals surface area contributed by atoms with Crippen molar-refractivity contribution in [3.8, 4) is 11.1 Å².